The van der Waals surface area contributed by atoms with E-state index in [1.54, 1.807) is 0 Å². The Bertz CT molecular complexity index is 536. The minimum Gasteiger partial charge on any atom is -0.360 e. The first-order chi connectivity index (χ1) is 8.43. The summed E-state index contributed by atoms with van der Waals surface area (Å²) in [6.45, 7) is 0. The topological polar surface area (TPSA) is 28.1 Å². The van der Waals surface area contributed by atoms with Gasteiger partial charge in [-0.15, -0.1) is 0 Å². The molecular formula is C15H14N2. The summed E-state index contributed by atoms with van der Waals surface area (Å²) in [7, 11) is 0. The average Bonchev–Trinajstić information content (AvgIpc) is 2.94. The zero-order valence-electron chi connectivity index (χ0n) is 9.51. The van der Waals surface area contributed by atoms with E-state index in [0.29, 0.717) is 5.92 Å². The van der Waals surface area contributed by atoms with Crippen LogP contribution in [0.15, 0.2) is 59.7 Å². The van der Waals surface area contributed by atoms with Crippen molar-refractivity contribution in [3.05, 3.63) is 66.0 Å². The summed E-state index contributed by atoms with van der Waals surface area (Å²) in [6, 6.07) is 14.6. The maximum Gasteiger partial charge on any atom is 0.0826 e. The standard InChI is InChI=1S/C15H14N2/c1-2-5-12(6-3-1)13-8-10-17-15(11-13)14-7-4-9-16-14/h1-7,9-11,13,16H,8H2/t13-/m1/s1. The summed E-state index contributed by atoms with van der Waals surface area (Å²) in [4.78, 5) is 7.65. The van der Waals surface area contributed by atoms with Crippen molar-refractivity contribution >= 4 is 11.9 Å². The van der Waals surface area contributed by atoms with Gasteiger partial charge in [0.05, 0.1) is 11.4 Å². The molecule has 0 saturated heterocycles. The third kappa shape index (κ3) is 2.07. The molecule has 1 atom stereocenters. The quantitative estimate of drug-likeness (QED) is 0.804. The summed E-state index contributed by atoms with van der Waals surface area (Å²) in [6.07, 6.45) is 7.15. The Hall–Kier alpha value is -2.09. The van der Waals surface area contributed by atoms with Crippen molar-refractivity contribution in [3.8, 4) is 0 Å². The minimum absolute atomic E-state index is 0.437. The van der Waals surface area contributed by atoms with Crippen molar-refractivity contribution in [1.29, 1.82) is 0 Å². The van der Waals surface area contributed by atoms with Gasteiger partial charge < -0.3 is 4.98 Å². The van der Waals surface area contributed by atoms with Crippen LogP contribution in [0.4, 0.5) is 0 Å². The first kappa shape index (κ1) is 10.1. The van der Waals surface area contributed by atoms with Gasteiger partial charge in [0.1, 0.15) is 0 Å². The summed E-state index contributed by atoms with van der Waals surface area (Å²) in [5.41, 5.74) is 3.47. The maximum atomic E-state index is 4.45. The molecule has 0 aliphatic carbocycles. The third-order valence-electron chi connectivity index (χ3n) is 3.05. The fourth-order valence-electron chi connectivity index (χ4n) is 2.15. The van der Waals surface area contributed by atoms with Gasteiger partial charge in [-0.1, -0.05) is 30.3 Å². The molecule has 3 rings (SSSR count). The number of nitrogens with one attached hydrogen (secondary N) is 1. The van der Waals surface area contributed by atoms with Crippen molar-refractivity contribution in [3.63, 3.8) is 0 Å². The predicted molar refractivity (Wildman–Crippen MR) is 71.1 cm³/mol. The highest BCUT2D eigenvalue weighted by molar-refractivity contribution is 5.77. The van der Waals surface area contributed by atoms with E-state index in [0.717, 1.165) is 17.8 Å². The molecule has 0 amide bonds. The fourth-order valence-corrected chi connectivity index (χ4v) is 2.15. The second-order valence-corrected chi connectivity index (χ2v) is 4.20. The van der Waals surface area contributed by atoms with Gasteiger partial charge in [-0.05, 0) is 30.2 Å². The lowest BCUT2D eigenvalue weighted by molar-refractivity contribution is 0.891. The van der Waals surface area contributed by atoms with Crippen LogP contribution >= 0.6 is 0 Å². The zero-order chi connectivity index (χ0) is 11.5. The molecule has 84 valence electrons. The van der Waals surface area contributed by atoms with Gasteiger partial charge in [0, 0.05) is 18.3 Å². The zero-order valence-corrected chi connectivity index (χ0v) is 9.51. The third-order valence-corrected chi connectivity index (χ3v) is 3.05. The second kappa shape index (κ2) is 4.42. The Morgan fingerprint density at radius 1 is 1.06 bits per heavy atom. The van der Waals surface area contributed by atoms with Gasteiger partial charge in [0.2, 0.25) is 0 Å². The number of allylic oxidation sites excluding steroid dienone is 1. The molecule has 1 aromatic heterocycles. The van der Waals surface area contributed by atoms with E-state index in [2.05, 4.69) is 52.5 Å². The number of aromatic nitrogens is 1. The molecule has 0 radical (unpaired) electrons. The smallest absolute Gasteiger partial charge is 0.0826 e. The number of H-pyrrole nitrogens is 1. The molecule has 2 aromatic rings. The van der Waals surface area contributed by atoms with E-state index >= 15 is 0 Å². The number of aromatic amines is 1. The monoisotopic (exact) mass is 222 g/mol. The van der Waals surface area contributed by atoms with E-state index in [1.165, 1.54) is 5.56 Å². The van der Waals surface area contributed by atoms with Crippen molar-refractivity contribution in [2.45, 2.75) is 12.3 Å². The van der Waals surface area contributed by atoms with E-state index in [4.69, 9.17) is 0 Å². The Labute approximate surface area is 101 Å². The number of hydrogen-bond acceptors (Lipinski definition) is 1. The van der Waals surface area contributed by atoms with Crippen LogP contribution in [0, 0.1) is 0 Å². The highest BCUT2D eigenvalue weighted by Crippen LogP contribution is 2.28. The number of benzene rings is 1. The van der Waals surface area contributed by atoms with Crippen LogP contribution in [0.5, 0.6) is 0 Å². The largest absolute Gasteiger partial charge is 0.360 e. The summed E-state index contributed by atoms with van der Waals surface area (Å²) < 4.78 is 0. The Kier molecular flexibility index (Phi) is 2.62. The molecule has 0 saturated carbocycles. The first-order valence-electron chi connectivity index (χ1n) is 5.86. The van der Waals surface area contributed by atoms with Crippen molar-refractivity contribution in [2.24, 2.45) is 4.99 Å². The number of aliphatic imine (C=N–C) groups is 1. The number of hydrogen-bond donors (Lipinski definition) is 1. The first-order valence-corrected chi connectivity index (χ1v) is 5.86. The van der Waals surface area contributed by atoms with Crippen LogP contribution in [-0.4, -0.2) is 11.2 Å². The van der Waals surface area contributed by atoms with Gasteiger partial charge in [-0.2, -0.15) is 0 Å². The van der Waals surface area contributed by atoms with E-state index in [1.807, 2.05) is 18.5 Å². The average molecular weight is 222 g/mol. The fraction of sp³-hybridized carbons (Fsp3) is 0.133. The molecule has 0 bridgehead atoms. The molecule has 2 nitrogen and oxygen atoms in total. The summed E-state index contributed by atoms with van der Waals surface area (Å²) in [5, 5.41) is 0. The van der Waals surface area contributed by atoms with E-state index < -0.39 is 0 Å². The van der Waals surface area contributed by atoms with Crippen LogP contribution in [0.25, 0.3) is 5.70 Å². The minimum atomic E-state index is 0.437. The molecule has 1 N–H and O–H groups in total. The molecule has 0 spiro atoms. The van der Waals surface area contributed by atoms with Gasteiger partial charge in [-0.25, -0.2) is 0 Å². The molecule has 1 aliphatic rings. The molecule has 17 heavy (non-hydrogen) atoms. The molecule has 2 heteroatoms. The molecule has 1 aromatic carbocycles. The van der Waals surface area contributed by atoms with Gasteiger partial charge in [0.25, 0.3) is 0 Å². The molecule has 0 fully saturated rings. The van der Waals surface area contributed by atoms with Crippen LogP contribution in [0.1, 0.15) is 23.6 Å². The summed E-state index contributed by atoms with van der Waals surface area (Å²) >= 11 is 0. The molecular weight excluding hydrogens is 208 g/mol. The van der Waals surface area contributed by atoms with E-state index in [9.17, 15) is 0 Å². The van der Waals surface area contributed by atoms with Gasteiger partial charge >= 0.3 is 0 Å². The highest BCUT2D eigenvalue weighted by Gasteiger charge is 2.13. The van der Waals surface area contributed by atoms with Crippen molar-refractivity contribution in [2.75, 3.05) is 0 Å². The molecule has 2 heterocycles. The van der Waals surface area contributed by atoms with Gasteiger partial charge in [-0.3, -0.25) is 4.99 Å². The highest BCUT2D eigenvalue weighted by atomic mass is 14.8. The van der Waals surface area contributed by atoms with E-state index in [-0.39, 0.29) is 0 Å². The lowest BCUT2D eigenvalue weighted by Crippen LogP contribution is -2.02. The Balaban J connectivity index is 1.92. The Morgan fingerprint density at radius 2 is 1.94 bits per heavy atom. The molecule has 0 unspecified atom stereocenters. The van der Waals surface area contributed by atoms with Crippen LogP contribution in [-0.2, 0) is 0 Å². The Morgan fingerprint density at radius 3 is 2.71 bits per heavy atom. The van der Waals surface area contributed by atoms with Gasteiger partial charge in [0.15, 0.2) is 0 Å². The van der Waals surface area contributed by atoms with Crippen molar-refractivity contribution < 1.29 is 0 Å². The number of nitrogens with zero attached hydrogens (tertiary/aromatic N) is 1. The lowest BCUT2D eigenvalue weighted by atomic mass is 9.93. The lowest BCUT2D eigenvalue weighted by Gasteiger charge is -2.15. The predicted octanol–water partition coefficient (Wildman–Crippen LogP) is 3.61. The summed E-state index contributed by atoms with van der Waals surface area (Å²) in [5.74, 6) is 0.437. The van der Waals surface area contributed by atoms with Crippen molar-refractivity contribution in [1.82, 2.24) is 4.98 Å². The molecule has 1 aliphatic heterocycles. The number of rotatable bonds is 2. The normalized spacial score (nSPS) is 19.1. The SMILES string of the molecule is C1=NC(c2ccc[nH]2)=C[C@H](c2ccccc2)C1. The van der Waals surface area contributed by atoms with Crippen LogP contribution < -0.4 is 0 Å². The van der Waals surface area contributed by atoms with Crippen LogP contribution in [0.2, 0.25) is 0 Å². The maximum absolute atomic E-state index is 4.45. The second-order valence-electron chi connectivity index (χ2n) is 4.20. The van der Waals surface area contributed by atoms with Crippen LogP contribution in [0.3, 0.4) is 0 Å².